The van der Waals surface area contributed by atoms with Crippen molar-refractivity contribution in [3.8, 4) is 0 Å². The van der Waals surface area contributed by atoms with Crippen LogP contribution in [-0.2, 0) is 27.2 Å². The van der Waals surface area contributed by atoms with E-state index in [1.165, 1.54) is 6.33 Å². The van der Waals surface area contributed by atoms with E-state index in [2.05, 4.69) is 15.0 Å². The molecule has 154 valence electrons. The molecule has 3 heterocycles. The number of nitrogens with zero attached hydrogens (tertiary/aromatic N) is 4. The first kappa shape index (κ1) is 19.9. The molecule has 0 aromatic carbocycles. The van der Waals surface area contributed by atoms with E-state index < -0.39 is 21.8 Å². The number of nitrogens with two attached hydrogens (primary N) is 1. The van der Waals surface area contributed by atoms with Gasteiger partial charge >= 0.3 is 15.4 Å². The van der Waals surface area contributed by atoms with Gasteiger partial charge in [0.05, 0.1) is 25.6 Å². The van der Waals surface area contributed by atoms with Crippen molar-refractivity contribution < 1.29 is 32.1 Å². The van der Waals surface area contributed by atoms with Gasteiger partial charge in [-0.15, -0.1) is 0 Å². The van der Waals surface area contributed by atoms with Gasteiger partial charge in [-0.2, -0.15) is 0 Å². The van der Waals surface area contributed by atoms with Crippen LogP contribution in [-0.4, -0.2) is 50.1 Å². The van der Waals surface area contributed by atoms with Crippen molar-refractivity contribution >= 4 is 32.4 Å². The van der Waals surface area contributed by atoms with Crippen molar-refractivity contribution in [2.24, 2.45) is 5.92 Å². The maximum absolute atomic E-state index is 12.2. The number of fused-ring (bicyclic) bond motifs is 1. The molecule has 4 rings (SSSR count). The standard InChI is InChI=1S/C14H21N5O7P2/c1-9-4-24-28(22,25-5-9)26-27(20,21)8-23-11-2-10(3-11)19-7-18-12-13(15)16-6-17-14(12)19/h6-7,9-11H,2-5,8H2,1H3,(H,20,21)(H2,15,16,17). The van der Waals surface area contributed by atoms with Gasteiger partial charge in [0, 0.05) is 12.0 Å². The third kappa shape index (κ3) is 4.13. The zero-order chi connectivity index (χ0) is 19.9. The quantitative estimate of drug-likeness (QED) is 0.642. The molecule has 14 heteroatoms. The van der Waals surface area contributed by atoms with E-state index >= 15 is 0 Å². The number of ether oxygens (including phenoxy) is 1. The smallest absolute Gasteiger partial charge is 0.382 e. The van der Waals surface area contributed by atoms with E-state index in [-0.39, 0.29) is 31.3 Å². The topological polar surface area (TPSA) is 161 Å². The molecule has 2 aromatic rings. The molecule has 0 bridgehead atoms. The molecule has 1 aliphatic heterocycles. The Hall–Kier alpha value is -1.39. The molecule has 1 atom stereocenters. The number of rotatable bonds is 6. The summed E-state index contributed by atoms with van der Waals surface area (Å²) in [6, 6.07) is 0.0770. The summed E-state index contributed by atoms with van der Waals surface area (Å²) in [7, 11) is -8.33. The van der Waals surface area contributed by atoms with Crippen LogP contribution in [0.15, 0.2) is 12.7 Å². The van der Waals surface area contributed by atoms with Crippen LogP contribution in [0.25, 0.3) is 11.2 Å². The zero-order valence-electron chi connectivity index (χ0n) is 15.1. The Labute approximate surface area is 160 Å². The molecule has 12 nitrogen and oxygen atoms in total. The van der Waals surface area contributed by atoms with Crippen molar-refractivity contribution in [3.63, 3.8) is 0 Å². The summed E-state index contributed by atoms with van der Waals surface area (Å²) in [5.41, 5.74) is 6.94. The lowest BCUT2D eigenvalue weighted by molar-refractivity contribution is -0.0104. The predicted molar refractivity (Wildman–Crippen MR) is 97.3 cm³/mol. The van der Waals surface area contributed by atoms with Gasteiger partial charge in [0.15, 0.2) is 11.5 Å². The van der Waals surface area contributed by atoms with Gasteiger partial charge in [-0.1, -0.05) is 6.92 Å². The minimum absolute atomic E-state index is 0.0341. The number of hydrogen-bond donors (Lipinski definition) is 2. The van der Waals surface area contributed by atoms with Crippen molar-refractivity contribution in [1.82, 2.24) is 19.5 Å². The minimum atomic E-state index is -4.30. The average Bonchev–Trinajstić information content (AvgIpc) is 3.01. The number of hydrogen-bond acceptors (Lipinski definition) is 10. The fourth-order valence-corrected chi connectivity index (χ4v) is 6.15. The molecule has 1 unspecified atom stereocenters. The van der Waals surface area contributed by atoms with Crippen LogP contribution in [0.2, 0.25) is 0 Å². The van der Waals surface area contributed by atoms with E-state index in [0.717, 1.165) is 0 Å². The highest BCUT2D eigenvalue weighted by Gasteiger charge is 2.41. The lowest BCUT2D eigenvalue weighted by Gasteiger charge is -2.36. The summed E-state index contributed by atoms with van der Waals surface area (Å²) < 4.78 is 46.4. The van der Waals surface area contributed by atoms with Gasteiger partial charge in [-0.25, -0.2) is 23.8 Å². The summed E-state index contributed by atoms with van der Waals surface area (Å²) in [4.78, 5) is 22.2. The van der Waals surface area contributed by atoms with Gasteiger partial charge in [-0.3, -0.25) is 13.6 Å². The molecule has 1 saturated carbocycles. The molecule has 1 aliphatic carbocycles. The number of phosphoric ester groups is 1. The van der Waals surface area contributed by atoms with Crippen LogP contribution >= 0.6 is 15.4 Å². The largest absolute Gasteiger partial charge is 0.482 e. The molecule has 0 radical (unpaired) electrons. The normalized spacial score (nSPS) is 32.7. The third-order valence-electron chi connectivity index (χ3n) is 4.59. The lowest BCUT2D eigenvalue weighted by Crippen LogP contribution is -2.33. The van der Waals surface area contributed by atoms with Gasteiger partial charge in [0.2, 0.25) is 0 Å². The monoisotopic (exact) mass is 433 g/mol. The van der Waals surface area contributed by atoms with E-state index in [9.17, 15) is 14.0 Å². The molecular weight excluding hydrogens is 412 g/mol. The van der Waals surface area contributed by atoms with Crippen LogP contribution in [0.3, 0.4) is 0 Å². The van der Waals surface area contributed by atoms with Gasteiger partial charge in [-0.05, 0) is 12.8 Å². The van der Waals surface area contributed by atoms with Crippen LogP contribution in [0.1, 0.15) is 25.8 Å². The maximum atomic E-state index is 12.2. The van der Waals surface area contributed by atoms with Crippen molar-refractivity contribution in [3.05, 3.63) is 12.7 Å². The summed E-state index contributed by atoms with van der Waals surface area (Å²) in [6.07, 6.45) is 3.35. The lowest BCUT2D eigenvalue weighted by atomic mass is 9.89. The predicted octanol–water partition coefficient (Wildman–Crippen LogP) is 2.08. The average molecular weight is 433 g/mol. The molecule has 1 saturated heterocycles. The molecule has 0 amide bonds. The number of phosphoric acid groups is 1. The summed E-state index contributed by atoms with van der Waals surface area (Å²) >= 11 is 0. The minimum Gasteiger partial charge on any atom is -0.382 e. The summed E-state index contributed by atoms with van der Waals surface area (Å²) in [5, 5.41) is 0. The Morgan fingerprint density at radius 2 is 2.07 bits per heavy atom. The first-order valence-electron chi connectivity index (χ1n) is 8.71. The van der Waals surface area contributed by atoms with Crippen molar-refractivity contribution in [2.45, 2.75) is 31.9 Å². The summed E-state index contributed by atoms with van der Waals surface area (Å²) in [5.74, 6) is 0.345. The number of aromatic nitrogens is 4. The van der Waals surface area contributed by atoms with E-state index in [0.29, 0.717) is 29.8 Å². The van der Waals surface area contributed by atoms with Crippen LogP contribution in [0.4, 0.5) is 5.82 Å². The highest BCUT2D eigenvalue weighted by atomic mass is 31.3. The molecular formula is C14H21N5O7P2. The molecule has 0 spiro atoms. The van der Waals surface area contributed by atoms with Gasteiger partial charge < -0.3 is 19.9 Å². The highest BCUT2D eigenvalue weighted by Crippen LogP contribution is 2.64. The zero-order valence-corrected chi connectivity index (χ0v) is 16.9. The fraction of sp³-hybridized carbons (Fsp3) is 0.643. The van der Waals surface area contributed by atoms with E-state index in [4.69, 9.17) is 23.8 Å². The van der Waals surface area contributed by atoms with Crippen LogP contribution in [0, 0.1) is 5.92 Å². The van der Waals surface area contributed by atoms with Crippen molar-refractivity contribution in [2.75, 3.05) is 25.3 Å². The molecule has 2 aromatic heterocycles. The second-order valence-corrected chi connectivity index (χ2v) is 10.6. The Bertz CT molecular complexity index is 951. The SMILES string of the molecule is CC1COP(=O)(OP(=O)(O)COC2CC(n3cnc4c(N)ncnc43)C2)OC1. The van der Waals surface area contributed by atoms with E-state index in [1.54, 1.807) is 6.33 Å². The Morgan fingerprint density at radius 1 is 1.36 bits per heavy atom. The first-order valence-corrected chi connectivity index (χ1v) is 11.9. The molecule has 3 N–H and O–H groups in total. The number of anilines is 1. The second-order valence-electron chi connectivity index (χ2n) is 6.99. The third-order valence-corrected chi connectivity index (χ3v) is 7.81. The maximum Gasteiger partial charge on any atom is 0.482 e. The van der Waals surface area contributed by atoms with Crippen LogP contribution in [0.5, 0.6) is 0 Å². The Balaban J connectivity index is 1.29. The Morgan fingerprint density at radius 3 is 2.79 bits per heavy atom. The van der Waals surface area contributed by atoms with Crippen LogP contribution < -0.4 is 5.73 Å². The molecule has 2 aliphatic rings. The fourth-order valence-electron chi connectivity index (χ4n) is 2.99. The van der Waals surface area contributed by atoms with E-state index in [1.807, 2.05) is 11.5 Å². The second kappa shape index (κ2) is 7.46. The van der Waals surface area contributed by atoms with Crippen molar-refractivity contribution in [1.29, 1.82) is 0 Å². The highest BCUT2D eigenvalue weighted by molar-refractivity contribution is 7.64. The van der Waals surface area contributed by atoms with Gasteiger partial charge in [0.25, 0.3) is 0 Å². The van der Waals surface area contributed by atoms with Gasteiger partial charge in [0.1, 0.15) is 18.2 Å². The number of nitrogen functional groups attached to an aromatic ring is 1. The number of imidazole rings is 1. The Kier molecular flexibility index (Phi) is 5.30. The summed E-state index contributed by atoms with van der Waals surface area (Å²) in [6.45, 7) is 2.10. The first-order chi connectivity index (χ1) is 13.2. The molecule has 28 heavy (non-hydrogen) atoms. The molecule has 2 fully saturated rings.